The lowest BCUT2D eigenvalue weighted by molar-refractivity contribution is 0.318. The molecule has 17 heteroatoms. The van der Waals surface area contributed by atoms with Crippen molar-refractivity contribution >= 4 is 81.4 Å². The van der Waals surface area contributed by atoms with Crippen LogP contribution in [0.2, 0.25) is 8.93 Å². The van der Waals surface area contributed by atoms with Crippen LogP contribution in [0.15, 0.2) is 67.1 Å². The molecule has 0 bridgehead atoms. The number of aliphatic hydroxyl groups excluding tert-OH is 1. The molecule has 5 rings (SSSR count). The Morgan fingerprint density at radius 2 is 1.13 bits per heavy atom. The van der Waals surface area contributed by atoms with Crippen molar-refractivity contribution in [1.29, 1.82) is 0 Å². The number of hydrogen-bond acceptors (Lipinski definition) is 13. The van der Waals surface area contributed by atoms with Crippen LogP contribution in [-0.4, -0.2) is 68.1 Å². The third-order valence-electron chi connectivity index (χ3n) is 4.74. The number of phenolic OH excluding ortho intramolecular Hbond substituents is 2. The maximum absolute atomic E-state index is 9.17. The summed E-state index contributed by atoms with van der Waals surface area (Å²) in [7, 11) is 2.36. The molecule has 46 heavy (non-hydrogen) atoms. The fourth-order valence-electron chi connectivity index (χ4n) is 2.83. The highest BCUT2D eigenvalue weighted by atomic mass is 35.5. The molecule has 0 unspecified atom stereocenters. The van der Waals surface area contributed by atoms with Gasteiger partial charge >= 0.3 is 7.12 Å². The zero-order valence-electron chi connectivity index (χ0n) is 24.7. The predicted molar refractivity (Wildman–Crippen MR) is 196 cm³/mol. The van der Waals surface area contributed by atoms with Crippen LogP contribution in [0.4, 0.5) is 0 Å². The number of nitrogens with one attached hydrogen (secondary N) is 2. The van der Waals surface area contributed by atoms with Gasteiger partial charge in [-0.3, -0.25) is 0 Å². The van der Waals surface area contributed by atoms with E-state index >= 15 is 0 Å². The van der Waals surface area contributed by atoms with Crippen LogP contribution in [-0.2, 0) is 19.0 Å². The Bertz CT molecular complexity index is 1460. The van der Waals surface area contributed by atoms with Crippen LogP contribution in [0.5, 0.6) is 11.5 Å². The van der Waals surface area contributed by atoms with Gasteiger partial charge in [-0.1, -0.05) is 42.8 Å². The lowest BCUT2D eigenvalue weighted by Crippen LogP contribution is -2.29. The number of alkyl halides is 1. The van der Waals surface area contributed by atoms with Gasteiger partial charge in [0.05, 0.1) is 5.88 Å². The smallest absolute Gasteiger partial charge is 0.488 e. The van der Waals surface area contributed by atoms with Crippen LogP contribution >= 0.6 is 68.8 Å². The molecular weight excluding hydrogens is 712 g/mol. The summed E-state index contributed by atoms with van der Waals surface area (Å²) in [6.45, 7) is 3.63. The van der Waals surface area contributed by atoms with Crippen molar-refractivity contribution in [3.8, 4) is 22.1 Å². The summed E-state index contributed by atoms with van der Waals surface area (Å²) in [6, 6.07) is 12.8. The quantitative estimate of drug-likeness (QED) is 0.0777. The molecule has 0 saturated heterocycles. The molecule has 2 aromatic carbocycles. The monoisotopic (exact) mass is 749 g/mol. The average Bonchev–Trinajstić information content (AvgIpc) is 3.77. The van der Waals surface area contributed by atoms with Crippen molar-refractivity contribution in [1.82, 2.24) is 25.6 Å². The molecule has 0 spiro atoms. The number of aliphatic hydroxyl groups is 1. The third kappa shape index (κ3) is 18.7. The summed E-state index contributed by atoms with van der Waals surface area (Å²) in [4.78, 5) is 15.4. The van der Waals surface area contributed by atoms with Gasteiger partial charge in [0.25, 0.3) is 0 Å². The largest absolute Gasteiger partial charge is 0.508 e. The number of nitrogens with zero attached hydrogens (tertiary/aromatic N) is 3. The maximum atomic E-state index is 9.17. The lowest BCUT2D eigenvalue weighted by Gasteiger charge is -1.96. The van der Waals surface area contributed by atoms with Gasteiger partial charge in [0.2, 0.25) is 0 Å². The van der Waals surface area contributed by atoms with Gasteiger partial charge in [-0.2, -0.15) is 0 Å². The number of phenols is 2. The summed E-state index contributed by atoms with van der Waals surface area (Å²) in [5.41, 5.74) is 1.41. The number of aromatic hydroxyl groups is 2. The summed E-state index contributed by atoms with van der Waals surface area (Å²) >= 11 is 21.1. The van der Waals surface area contributed by atoms with E-state index in [9.17, 15) is 0 Å². The van der Waals surface area contributed by atoms with Crippen LogP contribution in [0.25, 0.3) is 10.6 Å². The van der Waals surface area contributed by atoms with Gasteiger partial charge in [-0.05, 0) is 62.9 Å². The van der Waals surface area contributed by atoms with Crippen molar-refractivity contribution in [2.45, 2.75) is 33.3 Å². The van der Waals surface area contributed by atoms with Gasteiger partial charge in [0.1, 0.15) is 16.5 Å². The SMILES string of the molecule is C.CCO.CNCc1cnc(-c2ccc(O)cc2)s1.CNCc1cnc(Cl)s1.ClCc1cnc(Cl)s1.OB(O)c1ccc(O)cc1. The molecule has 7 N–H and O–H groups in total. The zero-order chi connectivity index (χ0) is 33.6. The van der Waals surface area contributed by atoms with Crippen molar-refractivity contribution < 1.29 is 25.4 Å². The second kappa shape index (κ2) is 25.7. The standard InChI is InChI=1S/C11H12N2OS.C6H7BO3.C5H7ClN2S.C4H3Cl2NS.C2H6O.CH4/c1-12-6-10-7-13-11(15-10)8-2-4-9(14)5-3-8;8-6-3-1-5(2-4-6)7(9)10;1-7-2-4-3-8-5(6)9-4;5-1-3-2-7-4(6)8-3;1-2-3;/h2-5,7,12,14H,6H2,1H3;1-4,8-10H;3,7H,2H2,1H3;2H,1H2;3H,2H2,1H3;1H4. The molecule has 10 nitrogen and oxygen atoms in total. The first-order valence-corrected chi connectivity index (χ1v) is 16.9. The third-order valence-corrected chi connectivity index (χ3v) is 8.47. The minimum atomic E-state index is -1.46. The topological polar surface area (TPSA) is 164 Å². The molecule has 0 aliphatic rings. The van der Waals surface area contributed by atoms with Crippen LogP contribution < -0.4 is 16.1 Å². The molecule has 252 valence electrons. The molecule has 0 fully saturated rings. The predicted octanol–water partition coefficient (Wildman–Crippen LogP) is 5.99. The van der Waals surface area contributed by atoms with Gasteiger partial charge in [0.15, 0.2) is 8.93 Å². The molecular formula is C29H39BCl3N5O5S3. The van der Waals surface area contributed by atoms with E-state index in [1.807, 2.05) is 32.4 Å². The normalized spacial score (nSPS) is 9.50. The molecule has 0 radical (unpaired) electrons. The first-order chi connectivity index (χ1) is 21.6. The summed E-state index contributed by atoms with van der Waals surface area (Å²) in [6.07, 6.45) is 5.34. The number of benzene rings is 2. The van der Waals surface area contributed by atoms with E-state index < -0.39 is 7.12 Å². The minimum Gasteiger partial charge on any atom is -0.508 e. The fraction of sp³-hybridized carbons (Fsp3) is 0.276. The van der Waals surface area contributed by atoms with Gasteiger partial charge < -0.3 is 36.0 Å². The fourth-order valence-corrected chi connectivity index (χ4v) is 5.81. The first kappa shape index (κ1) is 43.7. The Balaban J connectivity index is 0.000000582. The highest BCUT2D eigenvalue weighted by Gasteiger charge is 2.09. The van der Waals surface area contributed by atoms with E-state index in [2.05, 4.69) is 25.6 Å². The lowest BCUT2D eigenvalue weighted by atomic mass is 9.80. The van der Waals surface area contributed by atoms with Gasteiger partial charge in [-0.15, -0.1) is 45.6 Å². The van der Waals surface area contributed by atoms with Gasteiger partial charge in [0, 0.05) is 58.5 Å². The van der Waals surface area contributed by atoms with Crippen molar-refractivity contribution in [2.75, 3.05) is 20.7 Å². The summed E-state index contributed by atoms with van der Waals surface area (Å²) in [5, 5.41) is 49.8. The molecule has 0 aliphatic carbocycles. The van der Waals surface area contributed by atoms with Crippen molar-refractivity contribution in [3.63, 3.8) is 0 Å². The van der Waals surface area contributed by atoms with Crippen LogP contribution in [0.1, 0.15) is 29.0 Å². The van der Waals surface area contributed by atoms with Crippen LogP contribution in [0, 0.1) is 0 Å². The first-order valence-electron chi connectivity index (χ1n) is 13.1. The van der Waals surface area contributed by atoms with E-state index in [1.165, 1.54) is 56.7 Å². The Hall–Kier alpha value is -2.34. The van der Waals surface area contributed by atoms with E-state index in [1.54, 1.807) is 42.8 Å². The highest BCUT2D eigenvalue weighted by Crippen LogP contribution is 2.26. The molecule has 0 amide bonds. The second-order valence-corrected chi connectivity index (χ2v) is 13.1. The summed E-state index contributed by atoms with van der Waals surface area (Å²) in [5.74, 6) is 0.903. The Morgan fingerprint density at radius 1 is 0.717 bits per heavy atom. The maximum Gasteiger partial charge on any atom is 0.488 e. The van der Waals surface area contributed by atoms with E-state index in [-0.39, 0.29) is 25.5 Å². The minimum absolute atomic E-state index is 0. The molecule has 0 aliphatic heterocycles. The Labute approximate surface area is 297 Å². The number of rotatable bonds is 7. The average molecular weight is 751 g/mol. The molecule has 3 aromatic heterocycles. The number of hydrogen-bond donors (Lipinski definition) is 7. The highest BCUT2D eigenvalue weighted by molar-refractivity contribution is 7.16. The van der Waals surface area contributed by atoms with E-state index in [0.29, 0.717) is 20.3 Å². The Kier molecular flexibility index (Phi) is 24.4. The number of halogens is 3. The molecule has 0 saturated carbocycles. The Morgan fingerprint density at radius 3 is 1.50 bits per heavy atom. The van der Waals surface area contributed by atoms with E-state index in [0.717, 1.165) is 28.5 Å². The van der Waals surface area contributed by atoms with E-state index in [4.69, 9.17) is 60.2 Å². The number of thiazole rings is 3. The van der Waals surface area contributed by atoms with Crippen molar-refractivity contribution in [3.05, 3.63) is 90.7 Å². The number of aromatic nitrogens is 3. The molecule has 5 aromatic rings. The molecule has 0 atom stereocenters. The van der Waals surface area contributed by atoms with Crippen LogP contribution in [0.3, 0.4) is 0 Å². The van der Waals surface area contributed by atoms with Crippen molar-refractivity contribution in [2.24, 2.45) is 0 Å². The summed E-state index contributed by atoms with van der Waals surface area (Å²) < 4.78 is 1.17. The molecule has 3 heterocycles. The van der Waals surface area contributed by atoms with Gasteiger partial charge in [-0.25, -0.2) is 15.0 Å². The second-order valence-electron chi connectivity index (χ2n) is 8.31. The zero-order valence-corrected chi connectivity index (χ0v) is 29.4.